The van der Waals surface area contributed by atoms with Crippen molar-refractivity contribution in [3.8, 4) is 0 Å². The standard InChI is InChI=1S/C10H11N3OS/c14-11-6-3-7-15-10-12-8-4-1-2-5-9(8)13-10/h1-2,4-6,14H,3,7H2,(H,12,13). The van der Waals surface area contributed by atoms with Crippen molar-refractivity contribution in [3.05, 3.63) is 24.3 Å². The Morgan fingerprint density at radius 2 is 2.33 bits per heavy atom. The molecule has 0 aliphatic rings. The molecular formula is C10H11N3OS. The molecule has 78 valence electrons. The third-order valence-corrected chi connectivity index (χ3v) is 2.84. The van der Waals surface area contributed by atoms with Gasteiger partial charge in [0.25, 0.3) is 0 Å². The number of aromatic nitrogens is 2. The van der Waals surface area contributed by atoms with Crippen molar-refractivity contribution < 1.29 is 5.21 Å². The second-order valence-electron chi connectivity index (χ2n) is 2.99. The molecular weight excluding hydrogens is 210 g/mol. The molecule has 1 heterocycles. The predicted molar refractivity (Wildman–Crippen MR) is 61.7 cm³/mol. The van der Waals surface area contributed by atoms with E-state index >= 15 is 0 Å². The number of rotatable bonds is 4. The number of benzene rings is 1. The van der Waals surface area contributed by atoms with Gasteiger partial charge < -0.3 is 10.2 Å². The van der Waals surface area contributed by atoms with E-state index in [0.29, 0.717) is 0 Å². The van der Waals surface area contributed by atoms with Gasteiger partial charge in [-0.2, -0.15) is 0 Å². The maximum Gasteiger partial charge on any atom is 0.166 e. The highest BCUT2D eigenvalue weighted by Crippen LogP contribution is 2.19. The number of nitrogens with one attached hydrogen (secondary N) is 1. The first-order chi connectivity index (χ1) is 7.40. The summed E-state index contributed by atoms with van der Waals surface area (Å²) in [7, 11) is 0. The number of nitrogens with zero attached hydrogens (tertiary/aromatic N) is 2. The van der Waals surface area contributed by atoms with Crippen LogP contribution in [0.5, 0.6) is 0 Å². The second-order valence-corrected chi connectivity index (χ2v) is 4.08. The maximum atomic E-state index is 8.21. The quantitative estimate of drug-likeness (QED) is 0.274. The molecule has 2 N–H and O–H groups in total. The molecule has 0 aliphatic heterocycles. The first-order valence-electron chi connectivity index (χ1n) is 4.63. The predicted octanol–water partition coefficient (Wildman–Crippen LogP) is 2.51. The SMILES string of the molecule is ON=CCCSc1nc2ccccc2[nH]1. The average molecular weight is 221 g/mol. The number of H-pyrrole nitrogens is 1. The van der Waals surface area contributed by atoms with E-state index in [4.69, 9.17) is 5.21 Å². The molecule has 1 aromatic carbocycles. The lowest BCUT2D eigenvalue weighted by Gasteiger charge is -1.91. The number of para-hydroxylation sites is 2. The highest BCUT2D eigenvalue weighted by atomic mass is 32.2. The van der Waals surface area contributed by atoms with Gasteiger partial charge in [-0.3, -0.25) is 0 Å². The lowest BCUT2D eigenvalue weighted by molar-refractivity contribution is 0.320. The van der Waals surface area contributed by atoms with Crippen LogP contribution in [0.2, 0.25) is 0 Å². The van der Waals surface area contributed by atoms with E-state index in [-0.39, 0.29) is 0 Å². The monoisotopic (exact) mass is 221 g/mol. The van der Waals surface area contributed by atoms with Crippen molar-refractivity contribution >= 4 is 29.0 Å². The Bertz CT molecular complexity index is 433. The Kier molecular flexibility index (Phi) is 3.24. The Labute approximate surface area is 91.4 Å². The summed E-state index contributed by atoms with van der Waals surface area (Å²) in [5.74, 6) is 0.851. The van der Waals surface area contributed by atoms with E-state index in [0.717, 1.165) is 28.4 Å². The normalized spacial score (nSPS) is 11.5. The summed E-state index contributed by atoms with van der Waals surface area (Å²) in [5.41, 5.74) is 2.03. The van der Waals surface area contributed by atoms with Gasteiger partial charge in [0.05, 0.1) is 11.0 Å². The summed E-state index contributed by atoms with van der Waals surface area (Å²) in [6.45, 7) is 0. The number of hydrogen-bond donors (Lipinski definition) is 2. The van der Waals surface area contributed by atoms with Crippen LogP contribution in [0.4, 0.5) is 0 Å². The smallest absolute Gasteiger partial charge is 0.166 e. The lowest BCUT2D eigenvalue weighted by Crippen LogP contribution is -1.82. The fourth-order valence-electron chi connectivity index (χ4n) is 1.26. The molecule has 5 heteroatoms. The van der Waals surface area contributed by atoms with Crippen LogP contribution in [-0.2, 0) is 0 Å². The molecule has 2 rings (SSSR count). The summed E-state index contributed by atoms with van der Waals surface area (Å²) in [6.07, 6.45) is 2.22. The number of hydrogen-bond acceptors (Lipinski definition) is 4. The summed E-state index contributed by atoms with van der Waals surface area (Å²) < 4.78 is 0. The van der Waals surface area contributed by atoms with Gasteiger partial charge in [0.2, 0.25) is 0 Å². The molecule has 15 heavy (non-hydrogen) atoms. The van der Waals surface area contributed by atoms with Crippen molar-refractivity contribution in [1.82, 2.24) is 9.97 Å². The third-order valence-electron chi connectivity index (χ3n) is 1.94. The zero-order valence-electron chi connectivity index (χ0n) is 8.05. The first-order valence-corrected chi connectivity index (χ1v) is 5.62. The summed E-state index contributed by atoms with van der Waals surface area (Å²) >= 11 is 1.62. The minimum atomic E-state index is 0.734. The van der Waals surface area contributed by atoms with E-state index < -0.39 is 0 Å². The fraction of sp³-hybridized carbons (Fsp3) is 0.200. The van der Waals surface area contributed by atoms with Crippen LogP contribution in [0.1, 0.15) is 6.42 Å². The molecule has 0 spiro atoms. The number of thioether (sulfide) groups is 1. The van der Waals surface area contributed by atoms with Gasteiger partial charge in [0.15, 0.2) is 5.16 Å². The molecule has 0 bridgehead atoms. The van der Waals surface area contributed by atoms with Gasteiger partial charge in [-0.1, -0.05) is 23.9 Å². The summed E-state index contributed by atoms with van der Waals surface area (Å²) in [6, 6.07) is 7.93. The van der Waals surface area contributed by atoms with E-state index in [1.165, 1.54) is 6.21 Å². The van der Waals surface area contributed by atoms with Gasteiger partial charge in [0.1, 0.15) is 0 Å². The molecule has 0 radical (unpaired) electrons. The zero-order valence-corrected chi connectivity index (χ0v) is 8.87. The van der Waals surface area contributed by atoms with Crippen molar-refractivity contribution in [3.63, 3.8) is 0 Å². The highest BCUT2D eigenvalue weighted by molar-refractivity contribution is 7.99. The largest absolute Gasteiger partial charge is 0.411 e. The molecule has 0 amide bonds. The lowest BCUT2D eigenvalue weighted by atomic mass is 10.3. The molecule has 0 saturated carbocycles. The van der Waals surface area contributed by atoms with Gasteiger partial charge in [-0.05, 0) is 18.6 Å². The topological polar surface area (TPSA) is 61.3 Å². The maximum absolute atomic E-state index is 8.21. The Morgan fingerprint density at radius 3 is 3.13 bits per heavy atom. The summed E-state index contributed by atoms with van der Waals surface area (Å²) in [5, 5.41) is 12.1. The molecule has 0 fully saturated rings. The molecule has 1 aromatic heterocycles. The zero-order chi connectivity index (χ0) is 10.5. The minimum absolute atomic E-state index is 0.734. The van der Waals surface area contributed by atoms with Gasteiger partial charge in [0, 0.05) is 12.0 Å². The van der Waals surface area contributed by atoms with E-state index in [9.17, 15) is 0 Å². The van der Waals surface area contributed by atoms with Crippen LogP contribution >= 0.6 is 11.8 Å². The Balaban J connectivity index is 2.02. The van der Waals surface area contributed by atoms with E-state index in [1.54, 1.807) is 11.8 Å². The van der Waals surface area contributed by atoms with Gasteiger partial charge in [-0.15, -0.1) is 5.16 Å². The van der Waals surface area contributed by atoms with Crippen LogP contribution in [0, 0.1) is 0 Å². The van der Waals surface area contributed by atoms with Crippen LogP contribution in [0.25, 0.3) is 11.0 Å². The Morgan fingerprint density at radius 1 is 1.47 bits per heavy atom. The molecule has 2 aromatic rings. The number of fused-ring (bicyclic) bond motifs is 1. The minimum Gasteiger partial charge on any atom is -0.411 e. The summed E-state index contributed by atoms with van der Waals surface area (Å²) in [4.78, 5) is 7.63. The molecule has 0 saturated heterocycles. The van der Waals surface area contributed by atoms with Crippen molar-refractivity contribution in [2.45, 2.75) is 11.6 Å². The first kappa shape index (κ1) is 10.0. The van der Waals surface area contributed by atoms with E-state index in [2.05, 4.69) is 15.1 Å². The molecule has 4 nitrogen and oxygen atoms in total. The molecule has 0 unspecified atom stereocenters. The third kappa shape index (κ3) is 2.50. The average Bonchev–Trinajstić information content (AvgIpc) is 2.67. The van der Waals surface area contributed by atoms with E-state index in [1.807, 2.05) is 24.3 Å². The molecule has 0 atom stereocenters. The van der Waals surface area contributed by atoms with Gasteiger partial charge >= 0.3 is 0 Å². The van der Waals surface area contributed by atoms with Gasteiger partial charge in [-0.25, -0.2) is 4.98 Å². The number of imidazole rings is 1. The van der Waals surface area contributed by atoms with Crippen molar-refractivity contribution in [2.75, 3.05) is 5.75 Å². The Hall–Kier alpha value is -1.49. The molecule has 0 aliphatic carbocycles. The highest BCUT2D eigenvalue weighted by Gasteiger charge is 2.01. The second kappa shape index (κ2) is 4.84. The van der Waals surface area contributed by atoms with Crippen LogP contribution in [0.15, 0.2) is 34.6 Å². The number of oxime groups is 1. The number of aromatic amines is 1. The van der Waals surface area contributed by atoms with Crippen LogP contribution in [0.3, 0.4) is 0 Å². The fourth-order valence-corrected chi connectivity index (χ4v) is 2.03. The van der Waals surface area contributed by atoms with Crippen LogP contribution in [-0.4, -0.2) is 27.1 Å². The van der Waals surface area contributed by atoms with Crippen molar-refractivity contribution in [1.29, 1.82) is 0 Å². The van der Waals surface area contributed by atoms with Crippen molar-refractivity contribution in [2.24, 2.45) is 5.16 Å². The van der Waals surface area contributed by atoms with Crippen LogP contribution < -0.4 is 0 Å².